The molecule has 0 aliphatic heterocycles. The molecule has 9 heteroatoms. The van der Waals surface area contributed by atoms with Crippen LogP contribution in [0.25, 0.3) is 6.08 Å². The summed E-state index contributed by atoms with van der Waals surface area (Å²) in [6.07, 6.45) is 1.59. The van der Waals surface area contributed by atoms with Crippen LogP contribution in [0.5, 0.6) is 11.5 Å². The summed E-state index contributed by atoms with van der Waals surface area (Å²) in [4.78, 5) is 39.6. The predicted molar refractivity (Wildman–Crippen MR) is 167 cm³/mol. The van der Waals surface area contributed by atoms with Gasteiger partial charge in [-0.2, -0.15) is 0 Å². The molecule has 8 nitrogen and oxygen atoms in total. The molecule has 0 unspecified atom stereocenters. The lowest BCUT2D eigenvalue weighted by Gasteiger charge is -2.12. The fourth-order valence-electron chi connectivity index (χ4n) is 3.85. The number of carbonyl (C=O) groups excluding carboxylic acids is 3. The molecule has 0 fully saturated rings. The Hall–Kier alpha value is -5.02. The normalized spacial score (nSPS) is 10.9. The number of benzene rings is 4. The van der Waals surface area contributed by atoms with Crippen LogP contribution in [-0.4, -0.2) is 37.2 Å². The van der Waals surface area contributed by atoms with E-state index in [-0.39, 0.29) is 17.4 Å². The largest absolute Gasteiger partial charge is 0.497 e. The molecule has 42 heavy (non-hydrogen) atoms. The van der Waals surface area contributed by atoms with Crippen molar-refractivity contribution in [3.63, 3.8) is 0 Å². The van der Waals surface area contributed by atoms with Gasteiger partial charge in [-0.25, -0.2) is 0 Å². The van der Waals surface area contributed by atoms with E-state index in [0.717, 1.165) is 10.6 Å². The zero-order valence-electron chi connectivity index (χ0n) is 23.3. The van der Waals surface area contributed by atoms with Crippen molar-refractivity contribution < 1.29 is 23.9 Å². The molecule has 4 aromatic rings. The van der Waals surface area contributed by atoms with Gasteiger partial charge in [-0.3, -0.25) is 14.4 Å². The number of ether oxygens (including phenoxy) is 2. The number of methoxy groups -OCH3 is 1. The van der Waals surface area contributed by atoms with Crippen LogP contribution < -0.4 is 25.4 Å². The van der Waals surface area contributed by atoms with Crippen LogP contribution in [0.3, 0.4) is 0 Å². The Morgan fingerprint density at radius 1 is 0.786 bits per heavy atom. The molecular formula is C33H31N3O5S. The Balaban J connectivity index is 1.43. The molecule has 4 aromatic carbocycles. The standard InChI is InChI=1S/C33H31N3O5S/c1-3-41-27-17-15-25(16-18-27)34-31(37)22-42-29-14-8-12-26(21-29)35-33(39)30(20-23-9-7-13-28(19-23)40-2)36-32(38)24-10-5-4-6-11-24/h4-21H,3,22H2,1-2H3,(H,34,37)(H,35,39)(H,36,38)/b30-20-. The van der Waals surface area contributed by atoms with Crippen molar-refractivity contribution in [3.8, 4) is 11.5 Å². The van der Waals surface area contributed by atoms with E-state index >= 15 is 0 Å². The minimum Gasteiger partial charge on any atom is -0.497 e. The van der Waals surface area contributed by atoms with Crippen LogP contribution in [0, 0.1) is 0 Å². The molecular weight excluding hydrogens is 550 g/mol. The number of anilines is 2. The van der Waals surface area contributed by atoms with E-state index in [1.807, 2.05) is 19.1 Å². The number of nitrogens with one attached hydrogen (secondary N) is 3. The zero-order valence-corrected chi connectivity index (χ0v) is 24.1. The van der Waals surface area contributed by atoms with Gasteiger partial charge in [0.1, 0.15) is 17.2 Å². The fraction of sp³-hybridized carbons (Fsp3) is 0.121. The Kier molecular flexibility index (Phi) is 10.8. The van der Waals surface area contributed by atoms with Crippen molar-refractivity contribution >= 4 is 46.9 Å². The molecule has 0 aromatic heterocycles. The number of thioether (sulfide) groups is 1. The third kappa shape index (κ3) is 9.00. The summed E-state index contributed by atoms with van der Waals surface area (Å²) in [7, 11) is 1.56. The van der Waals surface area contributed by atoms with Gasteiger partial charge in [0.25, 0.3) is 11.8 Å². The first-order valence-corrected chi connectivity index (χ1v) is 14.2. The smallest absolute Gasteiger partial charge is 0.272 e. The van der Waals surface area contributed by atoms with E-state index in [1.54, 1.807) is 104 Å². The van der Waals surface area contributed by atoms with E-state index in [0.29, 0.717) is 34.9 Å². The highest BCUT2D eigenvalue weighted by atomic mass is 32.2. The Morgan fingerprint density at radius 3 is 2.29 bits per heavy atom. The lowest BCUT2D eigenvalue weighted by Crippen LogP contribution is -2.30. The van der Waals surface area contributed by atoms with Gasteiger partial charge in [-0.05, 0) is 85.3 Å². The third-order valence-electron chi connectivity index (χ3n) is 5.84. The van der Waals surface area contributed by atoms with Gasteiger partial charge >= 0.3 is 0 Å². The SMILES string of the molecule is CCOc1ccc(NC(=O)CSc2cccc(NC(=O)/C(=C/c3cccc(OC)c3)NC(=O)c3ccccc3)c2)cc1. The molecule has 214 valence electrons. The van der Waals surface area contributed by atoms with Gasteiger partial charge < -0.3 is 25.4 Å². The van der Waals surface area contributed by atoms with Gasteiger partial charge in [0.05, 0.1) is 19.5 Å². The molecule has 0 bridgehead atoms. The Labute approximate surface area is 249 Å². The molecule has 0 heterocycles. The maximum Gasteiger partial charge on any atom is 0.272 e. The molecule has 4 rings (SSSR count). The van der Waals surface area contributed by atoms with E-state index in [2.05, 4.69) is 16.0 Å². The summed E-state index contributed by atoms with van der Waals surface area (Å²) in [5.41, 5.74) is 2.35. The highest BCUT2D eigenvalue weighted by Crippen LogP contribution is 2.23. The number of carbonyl (C=O) groups is 3. The first kappa shape index (κ1) is 30.0. The van der Waals surface area contributed by atoms with Crippen molar-refractivity contribution in [1.82, 2.24) is 5.32 Å². The van der Waals surface area contributed by atoms with E-state index in [9.17, 15) is 14.4 Å². The molecule has 0 atom stereocenters. The van der Waals surface area contributed by atoms with Gasteiger partial charge in [-0.1, -0.05) is 36.4 Å². The second kappa shape index (κ2) is 15.1. The highest BCUT2D eigenvalue weighted by Gasteiger charge is 2.16. The first-order chi connectivity index (χ1) is 20.4. The maximum atomic E-state index is 13.4. The monoisotopic (exact) mass is 581 g/mol. The zero-order chi connectivity index (χ0) is 29.7. The van der Waals surface area contributed by atoms with Gasteiger partial charge in [0.15, 0.2) is 0 Å². The van der Waals surface area contributed by atoms with Crippen molar-refractivity contribution in [3.05, 3.63) is 120 Å². The van der Waals surface area contributed by atoms with Crippen LogP contribution in [0.15, 0.2) is 114 Å². The van der Waals surface area contributed by atoms with Gasteiger partial charge in [0.2, 0.25) is 5.91 Å². The minimum atomic E-state index is -0.502. The van der Waals surface area contributed by atoms with E-state index in [1.165, 1.54) is 11.8 Å². The van der Waals surface area contributed by atoms with Crippen LogP contribution in [0.2, 0.25) is 0 Å². The van der Waals surface area contributed by atoms with Crippen molar-refractivity contribution in [1.29, 1.82) is 0 Å². The third-order valence-corrected chi connectivity index (χ3v) is 6.84. The summed E-state index contributed by atoms with van der Waals surface area (Å²) >= 11 is 1.34. The van der Waals surface area contributed by atoms with Gasteiger partial charge in [0, 0.05) is 21.8 Å². The lowest BCUT2D eigenvalue weighted by atomic mass is 10.1. The summed E-state index contributed by atoms with van der Waals surface area (Å²) in [6, 6.07) is 30.2. The molecule has 0 saturated carbocycles. The topological polar surface area (TPSA) is 106 Å². The molecule has 3 amide bonds. The second-order valence-corrected chi connectivity index (χ2v) is 9.98. The average molecular weight is 582 g/mol. The Bertz CT molecular complexity index is 1560. The van der Waals surface area contributed by atoms with Gasteiger partial charge in [-0.15, -0.1) is 11.8 Å². The number of amides is 3. The summed E-state index contributed by atoms with van der Waals surface area (Å²) in [5.74, 6) is 0.462. The number of hydrogen-bond donors (Lipinski definition) is 3. The molecule has 0 spiro atoms. The summed E-state index contributed by atoms with van der Waals surface area (Å²) < 4.78 is 10.7. The van der Waals surface area contributed by atoms with Crippen molar-refractivity contribution in [2.45, 2.75) is 11.8 Å². The lowest BCUT2D eigenvalue weighted by molar-refractivity contribution is -0.114. The molecule has 0 aliphatic rings. The average Bonchev–Trinajstić information content (AvgIpc) is 3.01. The van der Waals surface area contributed by atoms with Crippen molar-refractivity contribution in [2.24, 2.45) is 0 Å². The fourth-order valence-corrected chi connectivity index (χ4v) is 4.60. The first-order valence-electron chi connectivity index (χ1n) is 13.2. The summed E-state index contributed by atoms with van der Waals surface area (Å²) in [5, 5.41) is 8.45. The van der Waals surface area contributed by atoms with E-state index < -0.39 is 11.8 Å². The van der Waals surface area contributed by atoms with Crippen LogP contribution in [-0.2, 0) is 9.59 Å². The molecule has 0 aliphatic carbocycles. The molecule has 0 radical (unpaired) electrons. The number of rotatable bonds is 12. The maximum absolute atomic E-state index is 13.4. The van der Waals surface area contributed by atoms with Crippen molar-refractivity contribution in [2.75, 3.05) is 30.1 Å². The Morgan fingerprint density at radius 2 is 1.55 bits per heavy atom. The van der Waals surface area contributed by atoms with E-state index in [4.69, 9.17) is 9.47 Å². The highest BCUT2D eigenvalue weighted by molar-refractivity contribution is 8.00. The predicted octanol–water partition coefficient (Wildman–Crippen LogP) is 6.23. The second-order valence-electron chi connectivity index (χ2n) is 8.93. The molecule has 3 N–H and O–H groups in total. The number of hydrogen-bond acceptors (Lipinski definition) is 6. The quantitative estimate of drug-likeness (QED) is 0.135. The van der Waals surface area contributed by atoms with Crippen LogP contribution in [0.4, 0.5) is 11.4 Å². The molecule has 0 saturated heterocycles. The van der Waals surface area contributed by atoms with Crippen LogP contribution in [0.1, 0.15) is 22.8 Å². The minimum absolute atomic E-state index is 0.0601. The van der Waals surface area contributed by atoms with Crippen LogP contribution >= 0.6 is 11.8 Å². The summed E-state index contributed by atoms with van der Waals surface area (Å²) in [6.45, 7) is 2.49.